The highest BCUT2D eigenvalue weighted by Crippen LogP contribution is 2.34. The van der Waals surface area contributed by atoms with Gasteiger partial charge in [-0.05, 0) is 35.9 Å². The molecule has 0 spiro atoms. The summed E-state index contributed by atoms with van der Waals surface area (Å²) in [6, 6.07) is 11.2. The van der Waals surface area contributed by atoms with Crippen LogP contribution < -0.4 is 14.9 Å². The Morgan fingerprint density at radius 1 is 0.917 bits per heavy atom. The number of amides is 2. The smallest absolute Gasteiger partial charge is 0.264 e. The number of hydrogen-bond donors (Lipinski definition) is 2. The van der Waals surface area contributed by atoms with Crippen molar-refractivity contribution in [1.82, 2.24) is 0 Å². The van der Waals surface area contributed by atoms with Gasteiger partial charge in [-0.3, -0.25) is 13.9 Å². The lowest BCUT2D eigenvalue weighted by molar-refractivity contribution is -0.115. The van der Waals surface area contributed by atoms with Crippen LogP contribution in [0.3, 0.4) is 0 Å². The number of nitrogens with zero attached hydrogens (tertiary/aromatic N) is 1. The van der Waals surface area contributed by atoms with E-state index in [0.29, 0.717) is 22.6 Å². The van der Waals surface area contributed by atoms with E-state index in [1.54, 1.807) is 30.3 Å². The van der Waals surface area contributed by atoms with Gasteiger partial charge in [0.05, 0.1) is 22.7 Å². The van der Waals surface area contributed by atoms with Gasteiger partial charge >= 0.3 is 0 Å². The molecule has 2 aromatic carbocycles. The Morgan fingerprint density at radius 3 is 2.50 bits per heavy atom. The molecule has 0 saturated carbocycles. The summed E-state index contributed by atoms with van der Waals surface area (Å²) >= 11 is 0. The highest BCUT2D eigenvalue weighted by molar-refractivity contribution is 7.92. The van der Waals surface area contributed by atoms with Crippen LogP contribution in [0.25, 0.3) is 0 Å². The minimum atomic E-state index is -3.91. The maximum atomic E-state index is 13.0. The third-order valence-electron chi connectivity index (χ3n) is 4.02. The number of anilines is 3. The van der Waals surface area contributed by atoms with Gasteiger partial charge in [0.25, 0.3) is 10.0 Å². The third-order valence-corrected chi connectivity index (χ3v) is 5.78. The number of rotatable bonds is 2. The topological polar surface area (TPSA) is 95.6 Å². The molecule has 122 valence electrons. The maximum Gasteiger partial charge on any atom is 0.264 e. The van der Waals surface area contributed by atoms with Crippen molar-refractivity contribution in [1.29, 1.82) is 0 Å². The Kier molecular flexibility index (Phi) is 3.10. The average Bonchev–Trinajstić information content (AvgIpc) is 2.93. The molecule has 4 rings (SSSR count). The van der Waals surface area contributed by atoms with E-state index in [0.717, 1.165) is 4.31 Å². The van der Waals surface area contributed by atoms with Gasteiger partial charge in [-0.15, -0.1) is 0 Å². The van der Waals surface area contributed by atoms with Crippen molar-refractivity contribution >= 4 is 38.9 Å². The van der Waals surface area contributed by atoms with Gasteiger partial charge in [-0.25, -0.2) is 8.42 Å². The van der Waals surface area contributed by atoms with E-state index in [2.05, 4.69) is 10.6 Å². The Hall–Kier alpha value is -2.87. The molecule has 0 fully saturated rings. The van der Waals surface area contributed by atoms with Crippen LogP contribution in [-0.4, -0.2) is 26.8 Å². The third kappa shape index (κ3) is 2.23. The summed E-state index contributed by atoms with van der Waals surface area (Å²) < 4.78 is 27.1. The minimum Gasteiger partial charge on any atom is -0.326 e. The van der Waals surface area contributed by atoms with Crippen molar-refractivity contribution in [2.75, 3.05) is 21.5 Å². The number of hydrogen-bond acceptors (Lipinski definition) is 4. The number of nitrogens with one attached hydrogen (secondary N) is 2. The molecule has 2 N–H and O–H groups in total. The first-order chi connectivity index (χ1) is 11.4. The number of carbonyl (C=O) groups is 2. The van der Waals surface area contributed by atoms with Gasteiger partial charge in [0, 0.05) is 5.69 Å². The van der Waals surface area contributed by atoms with E-state index < -0.39 is 15.9 Å². The molecular weight excluding hydrogens is 330 g/mol. The summed E-state index contributed by atoms with van der Waals surface area (Å²) in [6.07, 6.45) is 0.149. The fourth-order valence-corrected chi connectivity index (χ4v) is 4.40. The lowest BCUT2D eigenvalue weighted by Crippen LogP contribution is -2.42. The molecule has 0 atom stereocenters. The lowest BCUT2D eigenvalue weighted by atomic mass is 10.2. The Balaban J connectivity index is 1.80. The van der Waals surface area contributed by atoms with Crippen LogP contribution in [0.4, 0.5) is 17.1 Å². The van der Waals surface area contributed by atoms with Gasteiger partial charge in [-0.2, -0.15) is 0 Å². The Labute approximate surface area is 138 Å². The summed E-state index contributed by atoms with van der Waals surface area (Å²) in [7, 11) is -3.91. The summed E-state index contributed by atoms with van der Waals surface area (Å²) in [5.41, 5.74) is 2.13. The molecular formula is C16H13N3O4S. The molecule has 0 bridgehead atoms. The van der Waals surface area contributed by atoms with Gasteiger partial charge in [0.15, 0.2) is 0 Å². The van der Waals surface area contributed by atoms with E-state index in [4.69, 9.17) is 0 Å². The molecule has 2 heterocycles. The zero-order valence-electron chi connectivity index (χ0n) is 12.4. The lowest BCUT2D eigenvalue weighted by Gasteiger charge is -2.30. The maximum absolute atomic E-state index is 13.0. The van der Waals surface area contributed by atoms with E-state index in [1.807, 2.05) is 0 Å². The molecule has 0 aromatic heterocycles. The Bertz CT molecular complexity index is 985. The van der Waals surface area contributed by atoms with Crippen molar-refractivity contribution in [3.05, 3.63) is 48.0 Å². The van der Waals surface area contributed by atoms with Crippen molar-refractivity contribution in [3.8, 4) is 0 Å². The van der Waals surface area contributed by atoms with E-state index in [-0.39, 0.29) is 23.8 Å². The molecule has 2 aliphatic heterocycles. The van der Waals surface area contributed by atoms with Crippen LogP contribution in [0.5, 0.6) is 0 Å². The van der Waals surface area contributed by atoms with E-state index in [9.17, 15) is 18.0 Å². The quantitative estimate of drug-likeness (QED) is 0.860. The fourth-order valence-electron chi connectivity index (χ4n) is 2.91. The fraction of sp³-hybridized carbons (Fsp3) is 0.125. The van der Waals surface area contributed by atoms with E-state index in [1.165, 1.54) is 12.1 Å². The zero-order chi connectivity index (χ0) is 16.9. The van der Waals surface area contributed by atoms with Crippen LogP contribution in [0.2, 0.25) is 0 Å². The molecule has 0 aliphatic carbocycles. The van der Waals surface area contributed by atoms with Crippen molar-refractivity contribution in [2.45, 2.75) is 11.3 Å². The Morgan fingerprint density at radius 2 is 1.67 bits per heavy atom. The first-order valence-electron chi connectivity index (χ1n) is 7.29. The van der Waals surface area contributed by atoms with Crippen LogP contribution in [0, 0.1) is 0 Å². The number of sulfonamides is 1. The molecule has 8 heteroatoms. The standard InChI is InChI=1S/C16H13N3O4S/c20-15-8-10-7-11(5-6-12(10)17-15)24(22,23)19-9-16(21)18-13-3-1-2-4-14(13)19/h1-7H,8-9H2,(H,17,20)(H,18,21). The predicted octanol–water partition coefficient (Wildman–Crippen LogP) is 1.33. The van der Waals surface area contributed by atoms with Crippen molar-refractivity contribution in [3.63, 3.8) is 0 Å². The monoisotopic (exact) mass is 343 g/mol. The molecule has 7 nitrogen and oxygen atoms in total. The second kappa shape index (κ2) is 5.07. The van der Waals surface area contributed by atoms with Gasteiger partial charge < -0.3 is 10.6 Å². The highest BCUT2D eigenvalue weighted by atomic mass is 32.2. The summed E-state index contributed by atoms with van der Waals surface area (Å²) in [5.74, 6) is -0.558. The number of fused-ring (bicyclic) bond motifs is 2. The minimum absolute atomic E-state index is 0.0576. The number of carbonyl (C=O) groups excluding carboxylic acids is 2. The SMILES string of the molecule is O=C1Cc2cc(S(=O)(=O)N3CC(=O)Nc4ccccc43)ccc2N1. The van der Waals surface area contributed by atoms with Crippen molar-refractivity contribution in [2.24, 2.45) is 0 Å². The molecule has 0 saturated heterocycles. The molecule has 2 aliphatic rings. The predicted molar refractivity (Wildman–Crippen MR) is 88.4 cm³/mol. The van der Waals surface area contributed by atoms with Gasteiger partial charge in [0.2, 0.25) is 11.8 Å². The highest BCUT2D eigenvalue weighted by Gasteiger charge is 2.33. The average molecular weight is 343 g/mol. The normalized spacial score (nSPS) is 16.2. The number of para-hydroxylation sites is 2. The molecule has 24 heavy (non-hydrogen) atoms. The zero-order valence-corrected chi connectivity index (χ0v) is 13.3. The van der Waals surface area contributed by atoms with Crippen molar-refractivity contribution < 1.29 is 18.0 Å². The summed E-state index contributed by atoms with van der Waals surface area (Å²) in [4.78, 5) is 23.4. The first kappa shape index (κ1) is 14.7. The van der Waals surface area contributed by atoms with Gasteiger partial charge in [0.1, 0.15) is 6.54 Å². The molecule has 0 radical (unpaired) electrons. The molecule has 2 aromatic rings. The second-order valence-corrected chi connectivity index (χ2v) is 7.48. The first-order valence-corrected chi connectivity index (χ1v) is 8.73. The molecule has 0 unspecified atom stereocenters. The summed E-state index contributed by atoms with van der Waals surface area (Å²) in [5, 5.41) is 5.33. The summed E-state index contributed by atoms with van der Waals surface area (Å²) in [6.45, 7) is -0.284. The number of benzene rings is 2. The van der Waals surface area contributed by atoms with Crippen LogP contribution in [0.1, 0.15) is 5.56 Å². The van der Waals surface area contributed by atoms with Crippen LogP contribution in [0.15, 0.2) is 47.4 Å². The van der Waals surface area contributed by atoms with Crippen LogP contribution >= 0.6 is 0 Å². The van der Waals surface area contributed by atoms with E-state index >= 15 is 0 Å². The molecule has 2 amide bonds. The van der Waals surface area contributed by atoms with Crippen LogP contribution in [-0.2, 0) is 26.0 Å². The largest absolute Gasteiger partial charge is 0.326 e. The second-order valence-electron chi connectivity index (χ2n) is 5.62. The van der Waals surface area contributed by atoms with Gasteiger partial charge in [-0.1, -0.05) is 12.1 Å².